The third kappa shape index (κ3) is 3.48. The number of rotatable bonds is 3. The Morgan fingerprint density at radius 3 is 2.62 bits per heavy atom. The Balaban J connectivity index is 1.52. The largest absolute Gasteiger partial charge is 0.342 e. The molecule has 1 aliphatic carbocycles. The van der Waals surface area contributed by atoms with Crippen molar-refractivity contribution in [1.29, 1.82) is 0 Å². The number of aryl methyl sites for hydroxylation is 1. The number of anilines is 1. The highest BCUT2D eigenvalue weighted by Crippen LogP contribution is 2.38. The fraction of sp³-hybridized carbons (Fsp3) is 0.421. The second-order valence-electron chi connectivity index (χ2n) is 6.77. The first-order valence-corrected chi connectivity index (χ1v) is 10.2. The first kappa shape index (κ1) is 17.5. The Bertz CT molecular complexity index is 828. The zero-order valence-corrected chi connectivity index (χ0v) is 15.9. The molecule has 2 aromatic rings. The normalized spacial score (nSPS) is 19.3. The molecule has 0 bridgehead atoms. The van der Waals surface area contributed by atoms with Gasteiger partial charge in [-0.25, -0.2) is 4.98 Å². The molecule has 2 amide bonds. The molecule has 2 aliphatic rings. The summed E-state index contributed by atoms with van der Waals surface area (Å²) in [4.78, 5) is 32.9. The minimum atomic E-state index is -0.213. The van der Waals surface area contributed by atoms with E-state index in [-0.39, 0.29) is 17.7 Å². The highest BCUT2D eigenvalue weighted by atomic mass is 35.5. The van der Waals surface area contributed by atoms with Gasteiger partial charge in [0.1, 0.15) is 0 Å². The lowest BCUT2D eigenvalue weighted by atomic mass is 9.90. The molecule has 1 atom stereocenters. The van der Waals surface area contributed by atoms with E-state index in [1.54, 1.807) is 24.3 Å². The van der Waals surface area contributed by atoms with Gasteiger partial charge in [-0.3, -0.25) is 14.9 Å². The first-order valence-electron chi connectivity index (χ1n) is 8.97. The topological polar surface area (TPSA) is 62.3 Å². The second-order valence-corrected chi connectivity index (χ2v) is 8.29. The number of nitrogens with zero attached hydrogens (tertiary/aromatic N) is 2. The number of hydrogen-bond donors (Lipinski definition) is 1. The predicted molar refractivity (Wildman–Crippen MR) is 103 cm³/mol. The van der Waals surface area contributed by atoms with Gasteiger partial charge in [0.25, 0.3) is 5.91 Å². The van der Waals surface area contributed by atoms with Crippen molar-refractivity contribution >= 4 is 39.9 Å². The third-order valence-electron chi connectivity index (χ3n) is 5.00. The lowest BCUT2D eigenvalue weighted by molar-refractivity contribution is -0.132. The summed E-state index contributed by atoms with van der Waals surface area (Å²) in [5.41, 5.74) is 1.40. The van der Waals surface area contributed by atoms with Crippen LogP contribution in [0.15, 0.2) is 24.3 Å². The number of thiazole rings is 1. The van der Waals surface area contributed by atoms with Crippen LogP contribution in [0.2, 0.25) is 5.02 Å². The van der Waals surface area contributed by atoms with Gasteiger partial charge >= 0.3 is 0 Å². The van der Waals surface area contributed by atoms with E-state index in [0.29, 0.717) is 15.7 Å². The van der Waals surface area contributed by atoms with Gasteiger partial charge < -0.3 is 4.90 Å². The van der Waals surface area contributed by atoms with Gasteiger partial charge in [0.05, 0.1) is 11.6 Å². The van der Waals surface area contributed by atoms with Gasteiger partial charge in [-0.05, 0) is 56.4 Å². The molecule has 2 heterocycles. The molecule has 1 saturated heterocycles. The number of halogens is 1. The smallest absolute Gasteiger partial charge is 0.257 e. The minimum absolute atomic E-state index is 0.158. The van der Waals surface area contributed by atoms with Crippen LogP contribution in [0.1, 0.15) is 52.5 Å². The average Bonchev–Trinajstić information content (AvgIpc) is 3.30. The molecule has 1 aromatic heterocycles. The molecular weight excluding hydrogens is 370 g/mol. The molecule has 26 heavy (non-hydrogen) atoms. The SMILES string of the molecule is O=C(Nc1nc2c(s1)CCC[C@H]2C(=O)N1CCCC1)c1ccc(Cl)cc1. The molecule has 0 saturated carbocycles. The van der Waals surface area contributed by atoms with Gasteiger partial charge in [0.2, 0.25) is 5.91 Å². The van der Waals surface area contributed by atoms with Crippen molar-refractivity contribution in [2.75, 3.05) is 18.4 Å². The molecule has 1 aliphatic heterocycles. The molecule has 136 valence electrons. The summed E-state index contributed by atoms with van der Waals surface area (Å²) in [6.45, 7) is 1.71. The monoisotopic (exact) mass is 389 g/mol. The minimum Gasteiger partial charge on any atom is -0.342 e. The maximum absolute atomic E-state index is 12.8. The lowest BCUT2D eigenvalue weighted by Gasteiger charge is -2.25. The third-order valence-corrected chi connectivity index (χ3v) is 6.30. The van der Waals surface area contributed by atoms with Gasteiger partial charge in [-0.1, -0.05) is 11.6 Å². The summed E-state index contributed by atoms with van der Waals surface area (Å²) in [7, 11) is 0. The van der Waals surface area contributed by atoms with E-state index in [1.165, 1.54) is 11.3 Å². The van der Waals surface area contributed by atoms with Crippen molar-refractivity contribution in [2.45, 2.75) is 38.0 Å². The summed E-state index contributed by atoms with van der Waals surface area (Å²) in [5, 5.41) is 4.02. The molecule has 0 radical (unpaired) electrons. The summed E-state index contributed by atoms with van der Waals surface area (Å²) in [6.07, 6.45) is 4.93. The van der Waals surface area contributed by atoms with Crippen molar-refractivity contribution < 1.29 is 9.59 Å². The van der Waals surface area contributed by atoms with Crippen molar-refractivity contribution in [3.05, 3.63) is 45.4 Å². The Labute approximate surface area is 161 Å². The van der Waals surface area contributed by atoms with Crippen LogP contribution in [-0.4, -0.2) is 34.8 Å². The van der Waals surface area contributed by atoms with Crippen LogP contribution >= 0.6 is 22.9 Å². The fourth-order valence-corrected chi connectivity index (χ4v) is 4.83. The van der Waals surface area contributed by atoms with Crippen molar-refractivity contribution in [1.82, 2.24) is 9.88 Å². The van der Waals surface area contributed by atoms with E-state index < -0.39 is 0 Å². The number of likely N-dealkylation sites (tertiary alicyclic amines) is 1. The van der Waals surface area contributed by atoms with Crippen LogP contribution in [0, 0.1) is 0 Å². The molecule has 1 aromatic carbocycles. The molecule has 0 spiro atoms. The average molecular weight is 390 g/mol. The molecule has 7 heteroatoms. The number of hydrogen-bond acceptors (Lipinski definition) is 4. The molecule has 4 rings (SSSR count). The number of carbonyl (C=O) groups is 2. The summed E-state index contributed by atoms with van der Waals surface area (Å²) in [6, 6.07) is 6.75. The predicted octanol–water partition coefficient (Wildman–Crippen LogP) is 4.09. The molecule has 1 N–H and O–H groups in total. The Hall–Kier alpha value is -1.92. The zero-order valence-electron chi connectivity index (χ0n) is 14.3. The van der Waals surface area contributed by atoms with Crippen molar-refractivity contribution in [3.63, 3.8) is 0 Å². The van der Waals surface area contributed by atoms with Gasteiger partial charge in [-0.15, -0.1) is 11.3 Å². The van der Waals surface area contributed by atoms with E-state index in [4.69, 9.17) is 11.6 Å². The molecule has 5 nitrogen and oxygen atoms in total. The van der Waals surface area contributed by atoms with Crippen LogP contribution in [0.3, 0.4) is 0 Å². The highest BCUT2D eigenvalue weighted by Gasteiger charge is 2.34. The maximum atomic E-state index is 12.8. The molecule has 0 unspecified atom stereocenters. The van der Waals surface area contributed by atoms with Crippen molar-refractivity contribution in [2.24, 2.45) is 0 Å². The Morgan fingerprint density at radius 1 is 1.15 bits per heavy atom. The number of benzene rings is 1. The van der Waals surface area contributed by atoms with Crippen molar-refractivity contribution in [3.8, 4) is 0 Å². The van der Waals surface area contributed by atoms with Gasteiger partial charge in [0, 0.05) is 28.6 Å². The van der Waals surface area contributed by atoms with Crippen LogP contribution < -0.4 is 5.32 Å². The van der Waals surface area contributed by atoms with Crippen LogP contribution in [0.5, 0.6) is 0 Å². The molecular formula is C19H20ClN3O2S. The van der Waals surface area contributed by atoms with Gasteiger partial charge in [-0.2, -0.15) is 0 Å². The summed E-state index contributed by atoms with van der Waals surface area (Å²) < 4.78 is 0. The number of carbonyl (C=O) groups excluding carboxylic acids is 2. The molecule has 1 fully saturated rings. The Morgan fingerprint density at radius 2 is 1.88 bits per heavy atom. The van der Waals surface area contributed by atoms with Gasteiger partial charge in [0.15, 0.2) is 5.13 Å². The quantitative estimate of drug-likeness (QED) is 0.859. The van der Waals surface area contributed by atoms with Crippen LogP contribution in [0.25, 0.3) is 0 Å². The highest BCUT2D eigenvalue weighted by molar-refractivity contribution is 7.16. The van der Waals surface area contributed by atoms with E-state index in [2.05, 4.69) is 10.3 Å². The van der Waals surface area contributed by atoms with E-state index >= 15 is 0 Å². The number of nitrogens with one attached hydrogen (secondary N) is 1. The number of fused-ring (bicyclic) bond motifs is 1. The van der Waals surface area contributed by atoms with E-state index in [0.717, 1.165) is 55.8 Å². The van der Waals surface area contributed by atoms with E-state index in [9.17, 15) is 9.59 Å². The summed E-state index contributed by atoms with van der Waals surface area (Å²) in [5.74, 6) is -0.172. The number of amides is 2. The number of aromatic nitrogens is 1. The maximum Gasteiger partial charge on any atom is 0.257 e. The summed E-state index contributed by atoms with van der Waals surface area (Å²) >= 11 is 7.35. The van der Waals surface area contributed by atoms with Crippen LogP contribution in [-0.2, 0) is 11.2 Å². The van der Waals surface area contributed by atoms with E-state index in [1.807, 2.05) is 4.90 Å². The zero-order chi connectivity index (χ0) is 18.1. The Kier molecular flexibility index (Phi) is 4.96. The first-order chi connectivity index (χ1) is 12.6. The standard InChI is InChI=1S/C19H20ClN3O2S/c20-13-8-6-12(7-9-13)17(24)22-19-21-16-14(4-3-5-15(16)26-19)18(25)23-10-1-2-11-23/h6-9,14H,1-5,10-11H2,(H,21,22,24)/t14-/m1/s1. The second kappa shape index (κ2) is 7.37. The fourth-order valence-electron chi connectivity index (χ4n) is 3.64. The van der Waals surface area contributed by atoms with Crippen LogP contribution in [0.4, 0.5) is 5.13 Å². The lowest BCUT2D eigenvalue weighted by Crippen LogP contribution is -2.34.